The molecule has 0 bridgehead atoms. The fraction of sp³-hybridized carbons (Fsp3) is 0.400. The van der Waals surface area contributed by atoms with Gasteiger partial charge >= 0.3 is 8.69 Å². The van der Waals surface area contributed by atoms with Crippen molar-refractivity contribution in [2.45, 2.75) is 19.8 Å². The van der Waals surface area contributed by atoms with Gasteiger partial charge in [-0.25, -0.2) is 4.57 Å². The molecule has 0 aromatic heterocycles. The molecule has 0 heterocycles. The highest BCUT2D eigenvalue weighted by molar-refractivity contribution is 7.17. The molecule has 0 aliphatic heterocycles. The second-order valence-corrected chi connectivity index (χ2v) is 3.17. The predicted molar refractivity (Wildman–Crippen MR) is 55.1 cm³/mol. The Balaban J connectivity index is 2.50. The minimum absolute atomic E-state index is 0.343. The molecule has 0 unspecified atom stereocenters. The molecule has 1 aromatic carbocycles. The summed E-state index contributed by atoms with van der Waals surface area (Å²) in [6.07, 6.45) is 2.14. The summed E-state index contributed by atoms with van der Waals surface area (Å²) in [7, 11) is -0.343. The van der Waals surface area contributed by atoms with Crippen LogP contribution in [0.4, 0.5) is 0 Å². The third-order valence-electron chi connectivity index (χ3n) is 1.71. The number of hydrogen-bond acceptors (Lipinski definition) is 3. The lowest BCUT2D eigenvalue weighted by molar-refractivity contribution is 0.308. The molecule has 3 nitrogen and oxygen atoms in total. The standard InChI is InChI=1S/C10H13O3P/c1-2-3-7-12-9-5-4-6-10(8-9)13-14-11/h4-6,8H,2-3,7H2,1H3. The first kappa shape index (κ1) is 11.0. The number of hydrogen-bond donors (Lipinski definition) is 0. The fourth-order valence-corrected chi connectivity index (χ4v) is 1.20. The number of ether oxygens (including phenoxy) is 1. The van der Waals surface area contributed by atoms with E-state index in [4.69, 9.17) is 9.26 Å². The van der Waals surface area contributed by atoms with Gasteiger partial charge < -0.3 is 9.26 Å². The Kier molecular flexibility index (Phi) is 5.02. The van der Waals surface area contributed by atoms with E-state index in [-0.39, 0.29) is 8.69 Å². The van der Waals surface area contributed by atoms with Crippen LogP contribution in [0.5, 0.6) is 11.5 Å². The monoisotopic (exact) mass is 212 g/mol. The Hall–Kier alpha value is -1.08. The molecule has 1 rings (SSSR count). The lowest BCUT2D eigenvalue weighted by Crippen LogP contribution is -1.95. The van der Waals surface area contributed by atoms with Crippen molar-refractivity contribution in [3.63, 3.8) is 0 Å². The van der Waals surface area contributed by atoms with Crippen LogP contribution in [0.3, 0.4) is 0 Å². The maximum absolute atomic E-state index is 10.2. The Morgan fingerprint density at radius 1 is 1.36 bits per heavy atom. The Bertz CT molecular complexity index is 288. The lowest BCUT2D eigenvalue weighted by Gasteiger charge is -2.05. The zero-order valence-electron chi connectivity index (χ0n) is 8.10. The molecule has 4 heteroatoms. The van der Waals surface area contributed by atoms with Crippen molar-refractivity contribution in [2.75, 3.05) is 6.61 Å². The van der Waals surface area contributed by atoms with Gasteiger partial charge in [0.05, 0.1) is 6.61 Å². The molecular weight excluding hydrogens is 199 g/mol. The number of rotatable bonds is 6. The highest BCUT2D eigenvalue weighted by Crippen LogP contribution is 2.21. The molecule has 0 aliphatic carbocycles. The lowest BCUT2D eigenvalue weighted by atomic mass is 10.3. The molecule has 76 valence electrons. The fourth-order valence-electron chi connectivity index (χ4n) is 0.998. The van der Waals surface area contributed by atoms with E-state index in [9.17, 15) is 4.57 Å². The number of benzene rings is 1. The van der Waals surface area contributed by atoms with Gasteiger partial charge in [0.1, 0.15) is 11.5 Å². The normalized spacial score (nSPS) is 10.1. The van der Waals surface area contributed by atoms with Crippen LogP contribution < -0.4 is 9.26 Å². The molecule has 0 radical (unpaired) electrons. The Morgan fingerprint density at radius 2 is 2.14 bits per heavy atom. The Labute approximate surface area is 85.3 Å². The van der Waals surface area contributed by atoms with Gasteiger partial charge in [-0.1, -0.05) is 19.4 Å². The largest absolute Gasteiger partial charge is 0.493 e. The van der Waals surface area contributed by atoms with Gasteiger partial charge in [-0.15, -0.1) is 0 Å². The third-order valence-corrected chi connectivity index (χ3v) is 2.00. The smallest absolute Gasteiger partial charge is 0.395 e. The molecule has 0 saturated carbocycles. The third kappa shape index (κ3) is 3.75. The first-order valence-corrected chi connectivity index (χ1v) is 5.32. The zero-order valence-corrected chi connectivity index (χ0v) is 9.00. The molecule has 0 spiro atoms. The second-order valence-electron chi connectivity index (χ2n) is 2.84. The summed E-state index contributed by atoms with van der Waals surface area (Å²) in [5.41, 5.74) is 0. The van der Waals surface area contributed by atoms with E-state index in [2.05, 4.69) is 6.92 Å². The maximum atomic E-state index is 10.2. The summed E-state index contributed by atoms with van der Waals surface area (Å²) >= 11 is 0. The second kappa shape index (κ2) is 6.39. The summed E-state index contributed by atoms with van der Waals surface area (Å²) in [5.74, 6) is 1.30. The van der Waals surface area contributed by atoms with E-state index in [1.165, 1.54) is 0 Å². The first-order valence-electron chi connectivity index (χ1n) is 4.59. The topological polar surface area (TPSA) is 35.5 Å². The van der Waals surface area contributed by atoms with Gasteiger partial charge in [0.2, 0.25) is 0 Å². The van der Waals surface area contributed by atoms with E-state index in [0.29, 0.717) is 12.4 Å². The quantitative estimate of drug-likeness (QED) is 0.535. The van der Waals surface area contributed by atoms with Crippen LogP contribution in [-0.4, -0.2) is 6.61 Å². The van der Waals surface area contributed by atoms with Crippen LogP contribution in [0, 0.1) is 0 Å². The molecule has 0 atom stereocenters. The van der Waals surface area contributed by atoms with Crippen molar-refractivity contribution in [1.29, 1.82) is 0 Å². The molecule has 0 N–H and O–H groups in total. The van der Waals surface area contributed by atoms with E-state index in [1.807, 2.05) is 12.1 Å². The molecular formula is C10H13O3P. The molecule has 14 heavy (non-hydrogen) atoms. The van der Waals surface area contributed by atoms with Crippen molar-refractivity contribution in [3.8, 4) is 11.5 Å². The highest BCUT2D eigenvalue weighted by Gasteiger charge is 1.97. The molecule has 0 amide bonds. The summed E-state index contributed by atoms with van der Waals surface area (Å²) in [5, 5.41) is 0. The van der Waals surface area contributed by atoms with E-state index >= 15 is 0 Å². The SMILES string of the molecule is CCCCOc1cccc(OP=O)c1. The van der Waals surface area contributed by atoms with Crippen LogP contribution in [0.15, 0.2) is 24.3 Å². The Morgan fingerprint density at radius 3 is 2.86 bits per heavy atom. The van der Waals surface area contributed by atoms with E-state index < -0.39 is 0 Å². The molecule has 1 aromatic rings. The first-order chi connectivity index (χ1) is 6.86. The average molecular weight is 212 g/mol. The minimum atomic E-state index is -0.343. The van der Waals surface area contributed by atoms with Gasteiger partial charge in [-0.2, -0.15) is 0 Å². The van der Waals surface area contributed by atoms with Gasteiger partial charge in [-0.3, -0.25) is 0 Å². The molecule has 0 aliphatic rings. The molecule has 0 saturated heterocycles. The van der Waals surface area contributed by atoms with Crippen molar-refractivity contribution >= 4 is 8.69 Å². The van der Waals surface area contributed by atoms with Crippen molar-refractivity contribution < 1.29 is 13.8 Å². The van der Waals surface area contributed by atoms with Gasteiger partial charge in [0.25, 0.3) is 0 Å². The van der Waals surface area contributed by atoms with Crippen molar-refractivity contribution in [2.24, 2.45) is 0 Å². The summed E-state index contributed by atoms with van der Waals surface area (Å²) in [6, 6.07) is 7.12. The van der Waals surface area contributed by atoms with Crippen LogP contribution >= 0.6 is 8.69 Å². The summed E-state index contributed by atoms with van der Waals surface area (Å²) in [4.78, 5) is 0. The minimum Gasteiger partial charge on any atom is -0.493 e. The van der Waals surface area contributed by atoms with Crippen molar-refractivity contribution in [1.82, 2.24) is 0 Å². The van der Waals surface area contributed by atoms with Crippen LogP contribution in [0.1, 0.15) is 19.8 Å². The van der Waals surface area contributed by atoms with Crippen LogP contribution in [0.2, 0.25) is 0 Å². The van der Waals surface area contributed by atoms with Crippen molar-refractivity contribution in [3.05, 3.63) is 24.3 Å². The van der Waals surface area contributed by atoms with Gasteiger partial charge in [0.15, 0.2) is 0 Å². The highest BCUT2D eigenvalue weighted by atomic mass is 31.1. The maximum Gasteiger partial charge on any atom is 0.395 e. The van der Waals surface area contributed by atoms with Crippen LogP contribution in [0.25, 0.3) is 0 Å². The average Bonchev–Trinajstić information content (AvgIpc) is 2.19. The van der Waals surface area contributed by atoms with Gasteiger partial charge in [0, 0.05) is 6.07 Å². The van der Waals surface area contributed by atoms with E-state index in [0.717, 1.165) is 18.6 Å². The van der Waals surface area contributed by atoms with Crippen LogP contribution in [-0.2, 0) is 4.57 Å². The number of unbranched alkanes of at least 4 members (excludes halogenated alkanes) is 1. The van der Waals surface area contributed by atoms with Gasteiger partial charge in [-0.05, 0) is 18.6 Å². The van der Waals surface area contributed by atoms with E-state index in [1.54, 1.807) is 12.1 Å². The summed E-state index contributed by atoms with van der Waals surface area (Å²) in [6.45, 7) is 2.81. The molecule has 0 fully saturated rings. The summed E-state index contributed by atoms with van der Waals surface area (Å²) < 4.78 is 20.4. The predicted octanol–water partition coefficient (Wildman–Crippen LogP) is 3.45. The zero-order chi connectivity index (χ0) is 10.2.